The van der Waals surface area contributed by atoms with Crippen molar-refractivity contribution in [1.82, 2.24) is 9.97 Å². The van der Waals surface area contributed by atoms with E-state index in [2.05, 4.69) is 15.3 Å². The van der Waals surface area contributed by atoms with E-state index in [1.165, 1.54) is 0 Å². The zero-order chi connectivity index (χ0) is 18.7. The molecule has 0 spiro atoms. The maximum Gasteiger partial charge on any atom is 0.256 e. The smallest absolute Gasteiger partial charge is 0.256 e. The lowest BCUT2D eigenvalue weighted by atomic mass is 10.1. The lowest BCUT2D eigenvalue weighted by Gasteiger charge is -2.12. The highest BCUT2D eigenvalue weighted by Gasteiger charge is 2.11. The third kappa shape index (κ3) is 4.18. The number of rotatable bonds is 5. The van der Waals surface area contributed by atoms with Gasteiger partial charge in [-0.15, -0.1) is 0 Å². The summed E-state index contributed by atoms with van der Waals surface area (Å²) in [6.45, 7) is 1.81. The van der Waals surface area contributed by atoms with Crippen LogP contribution in [0, 0.1) is 6.92 Å². The Hall–Kier alpha value is -2.50. The number of H-pyrrole nitrogens is 1. The Morgan fingerprint density at radius 3 is 2.46 bits per heavy atom. The van der Waals surface area contributed by atoms with Crippen LogP contribution in [0.5, 0.6) is 5.75 Å². The van der Waals surface area contributed by atoms with Crippen LogP contribution in [0.25, 0.3) is 0 Å². The number of aromatic nitrogens is 2. The third-order valence-corrected chi connectivity index (χ3v) is 4.42. The van der Waals surface area contributed by atoms with E-state index in [1.54, 1.807) is 44.4 Å². The quantitative estimate of drug-likeness (QED) is 0.661. The van der Waals surface area contributed by atoms with Crippen molar-refractivity contribution < 1.29 is 4.74 Å². The normalized spacial score (nSPS) is 10.6. The monoisotopic (exact) mass is 389 g/mol. The highest BCUT2D eigenvalue weighted by atomic mass is 35.5. The van der Waals surface area contributed by atoms with Gasteiger partial charge in [-0.2, -0.15) is 0 Å². The SMILES string of the molecule is COc1ccc(Cl)cc1Nc1nc(C)c(Cc2ccc(Cl)cc2)c(=O)[nH]1. The number of aromatic amines is 1. The third-order valence-electron chi connectivity index (χ3n) is 3.93. The van der Waals surface area contributed by atoms with Gasteiger partial charge in [0.2, 0.25) is 5.95 Å². The van der Waals surface area contributed by atoms with Crippen LogP contribution in [-0.4, -0.2) is 17.1 Å². The molecule has 0 aliphatic carbocycles. The van der Waals surface area contributed by atoms with Crippen LogP contribution in [0.3, 0.4) is 0 Å². The molecule has 0 radical (unpaired) electrons. The van der Waals surface area contributed by atoms with Crippen molar-refractivity contribution >= 4 is 34.8 Å². The highest BCUT2D eigenvalue weighted by Crippen LogP contribution is 2.29. The van der Waals surface area contributed by atoms with Gasteiger partial charge in [0.15, 0.2) is 0 Å². The molecular formula is C19H17Cl2N3O2. The van der Waals surface area contributed by atoms with Crippen molar-refractivity contribution in [3.8, 4) is 5.75 Å². The molecular weight excluding hydrogens is 373 g/mol. The molecule has 0 amide bonds. The average molecular weight is 390 g/mol. The average Bonchev–Trinajstić information content (AvgIpc) is 2.60. The van der Waals surface area contributed by atoms with Gasteiger partial charge in [-0.1, -0.05) is 35.3 Å². The van der Waals surface area contributed by atoms with Crippen LogP contribution in [0.15, 0.2) is 47.3 Å². The summed E-state index contributed by atoms with van der Waals surface area (Å²) >= 11 is 11.9. The van der Waals surface area contributed by atoms with E-state index in [9.17, 15) is 4.79 Å². The number of nitrogens with one attached hydrogen (secondary N) is 2. The Morgan fingerprint density at radius 1 is 1.12 bits per heavy atom. The number of benzene rings is 2. The zero-order valence-electron chi connectivity index (χ0n) is 14.3. The Bertz CT molecular complexity index is 985. The van der Waals surface area contributed by atoms with Crippen molar-refractivity contribution in [2.45, 2.75) is 13.3 Å². The van der Waals surface area contributed by atoms with Crippen LogP contribution in [0.1, 0.15) is 16.8 Å². The maximum atomic E-state index is 12.5. The van der Waals surface area contributed by atoms with Crippen LogP contribution in [0.4, 0.5) is 11.6 Å². The molecule has 0 saturated carbocycles. The van der Waals surface area contributed by atoms with Gasteiger partial charge in [-0.05, 0) is 42.8 Å². The minimum absolute atomic E-state index is 0.198. The summed E-state index contributed by atoms with van der Waals surface area (Å²) in [5.74, 6) is 0.924. The first-order valence-electron chi connectivity index (χ1n) is 7.91. The molecule has 2 N–H and O–H groups in total. The molecule has 7 heteroatoms. The van der Waals surface area contributed by atoms with E-state index in [1.807, 2.05) is 12.1 Å². The second-order valence-electron chi connectivity index (χ2n) is 5.75. The van der Waals surface area contributed by atoms with E-state index >= 15 is 0 Å². The fourth-order valence-electron chi connectivity index (χ4n) is 2.59. The second-order valence-corrected chi connectivity index (χ2v) is 6.62. The molecule has 0 atom stereocenters. The van der Waals surface area contributed by atoms with Crippen LogP contribution < -0.4 is 15.6 Å². The second kappa shape index (κ2) is 7.81. The predicted octanol–water partition coefficient (Wildman–Crippen LogP) is 4.73. The highest BCUT2D eigenvalue weighted by molar-refractivity contribution is 6.31. The molecule has 3 aromatic rings. The van der Waals surface area contributed by atoms with Crippen molar-refractivity contribution in [3.05, 3.63) is 79.7 Å². The van der Waals surface area contributed by atoms with Gasteiger partial charge in [0, 0.05) is 22.0 Å². The number of aryl methyl sites for hydroxylation is 1. The molecule has 5 nitrogen and oxygen atoms in total. The Labute approximate surface area is 161 Å². The Morgan fingerprint density at radius 2 is 1.81 bits per heavy atom. The molecule has 0 fully saturated rings. The number of hydrogen-bond acceptors (Lipinski definition) is 4. The van der Waals surface area contributed by atoms with Gasteiger partial charge in [0.1, 0.15) is 5.75 Å². The molecule has 134 valence electrons. The van der Waals surface area contributed by atoms with Gasteiger partial charge < -0.3 is 10.1 Å². The molecule has 0 unspecified atom stereocenters. The fraction of sp³-hybridized carbons (Fsp3) is 0.158. The van der Waals surface area contributed by atoms with Crippen molar-refractivity contribution in [2.75, 3.05) is 12.4 Å². The summed E-state index contributed by atoms with van der Waals surface area (Å²) < 4.78 is 5.29. The molecule has 2 aromatic carbocycles. The fourth-order valence-corrected chi connectivity index (χ4v) is 2.89. The number of hydrogen-bond donors (Lipinski definition) is 2. The van der Waals surface area contributed by atoms with E-state index in [0.717, 1.165) is 5.56 Å². The summed E-state index contributed by atoms with van der Waals surface area (Å²) in [5.41, 5.74) is 2.66. The van der Waals surface area contributed by atoms with Crippen LogP contribution in [-0.2, 0) is 6.42 Å². The van der Waals surface area contributed by atoms with Crippen molar-refractivity contribution in [1.29, 1.82) is 0 Å². The summed E-state index contributed by atoms with van der Waals surface area (Å²) in [7, 11) is 1.56. The van der Waals surface area contributed by atoms with Crippen molar-refractivity contribution in [3.63, 3.8) is 0 Å². The van der Waals surface area contributed by atoms with E-state index in [-0.39, 0.29) is 5.56 Å². The zero-order valence-corrected chi connectivity index (χ0v) is 15.8. The number of nitrogens with zero attached hydrogens (tertiary/aromatic N) is 1. The van der Waals surface area contributed by atoms with Crippen LogP contribution >= 0.6 is 23.2 Å². The standard InChI is InChI=1S/C19H17Cl2N3O2/c1-11-15(9-12-3-5-13(20)6-4-12)18(25)24-19(22-11)23-16-10-14(21)7-8-17(16)26-2/h3-8,10H,9H2,1-2H3,(H2,22,23,24,25). The summed E-state index contributed by atoms with van der Waals surface area (Å²) in [5, 5.41) is 4.26. The molecule has 1 aromatic heterocycles. The van der Waals surface area contributed by atoms with Crippen molar-refractivity contribution in [2.24, 2.45) is 0 Å². The number of methoxy groups -OCH3 is 1. The molecule has 0 bridgehead atoms. The lowest BCUT2D eigenvalue weighted by Crippen LogP contribution is -2.18. The van der Waals surface area contributed by atoms with E-state index < -0.39 is 0 Å². The molecule has 0 aliphatic heterocycles. The largest absolute Gasteiger partial charge is 0.495 e. The molecule has 1 heterocycles. The topological polar surface area (TPSA) is 67.0 Å². The first-order chi connectivity index (χ1) is 12.5. The minimum Gasteiger partial charge on any atom is -0.495 e. The first-order valence-corrected chi connectivity index (χ1v) is 8.66. The molecule has 3 rings (SSSR count). The summed E-state index contributed by atoms with van der Waals surface area (Å²) in [4.78, 5) is 19.7. The summed E-state index contributed by atoms with van der Waals surface area (Å²) in [6, 6.07) is 12.6. The summed E-state index contributed by atoms with van der Waals surface area (Å²) in [6.07, 6.45) is 0.478. The van der Waals surface area contributed by atoms with Gasteiger partial charge in [-0.25, -0.2) is 4.98 Å². The predicted molar refractivity (Wildman–Crippen MR) is 105 cm³/mol. The minimum atomic E-state index is -0.198. The molecule has 26 heavy (non-hydrogen) atoms. The maximum absolute atomic E-state index is 12.5. The first kappa shape index (κ1) is 18.3. The Balaban J connectivity index is 1.89. The van der Waals surface area contributed by atoms with Gasteiger partial charge in [0.05, 0.1) is 18.5 Å². The Kier molecular flexibility index (Phi) is 5.49. The van der Waals surface area contributed by atoms with Gasteiger partial charge in [-0.3, -0.25) is 9.78 Å². The molecule has 0 saturated heterocycles. The van der Waals surface area contributed by atoms with E-state index in [4.69, 9.17) is 27.9 Å². The van der Waals surface area contributed by atoms with Gasteiger partial charge in [0.25, 0.3) is 5.56 Å². The number of ether oxygens (including phenoxy) is 1. The molecule has 0 aliphatic rings. The lowest BCUT2D eigenvalue weighted by molar-refractivity contribution is 0.417. The number of anilines is 2. The van der Waals surface area contributed by atoms with Gasteiger partial charge >= 0.3 is 0 Å². The van der Waals surface area contributed by atoms with Crippen LogP contribution in [0.2, 0.25) is 10.0 Å². The van der Waals surface area contributed by atoms with E-state index in [0.29, 0.717) is 45.1 Å². The number of halogens is 2.